The topological polar surface area (TPSA) is 27.0 Å². The molecule has 0 spiro atoms. The van der Waals surface area contributed by atoms with Crippen molar-refractivity contribution in [2.24, 2.45) is 0 Å². The van der Waals surface area contributed by atoms with E-state index >= 15 is 0 Å². The summed E-state index contributed by atoms with van der Waals surface area (Å²) < 4.78 is 13.2. The number of benzene rings is 1. The van der Waals surface area contributed by atoms with Crippen LogP contribution in [0, 0.1) is 17.1 Å². The normalized spacial score (nSPS) is 12.5. The van der Waals surface area contributed by atoms with Crippen molar-refractivity contribution in [2.45, 2.75) is 19.4 Å². The SMILES string of the molecule is CC(C#N)N(C)CCc1ccccc1F. The van der Waals surface area contributed by atoms with Gasteiger partial charge in [0.25, 0.3) is 0 Å². The van der Waals surface area contributed by atoms with Crippen LogP contribution in [0.4, 0.5) is 4.39 Å². The molecule has 0 aliphatic heterocycles. The fraction of sp³-hybridized carbons (Fsp3) is 0.417. The molecule has 0 N–H and O–H groups in total. The Hall–Kier alpha value is -1.40. The molecule has 0 aliphatic rings. The minimum absolute atomic E-state index is 0.128. The zero-order chi connectivity index (χ0) is 11.3. The van der Waals surface area contributed by atoms with E-state index in [1.54, 1.807) is 12.1 Å². The molecule has 0 saturated carbocycles. The molecule has 1 rings (SSSR count). The van der Waals surface area contributed by atoms with Gasteiger partial charge < -0.3 is 0 Å². The van der Waals surface area contributed by atoms with E-state index in [2.05, 4.69) is 6.07 Å². The molecule has 0 bridgehead atoms. The first-order valence-electron chi connectivity index (χ1n) is 4.98. The highest BCUT2D eigenvalue weighted by atomic mass is 19.1. The van der Waals surface area contributed by atoms with Crippen LogP contribution in [-0.4, -0.2) is 24.5 Å². The summed E-state index contributed by atoms with van der Waals surface area (Å²) in [5, 5.41) is 8.69. The maximum absolute atomic E-state index is 13.2. The summed E-state index contributed by atoms with van der Waals surface area (Å²) in [6, 6.07) is 8.77. The van der Waals surface area contributed by atoms with E-state index in [1.807, 2.05) is 24.9 Å². The Morgan fingerprint density at radius 1 is 1.47 bits per heavy atom. The first kappa shape index (κ1) is 11.7. The van der Waals surface area contributed by atoms with Gasteiger partial charge in [0.05, 0.1) is 12.1 Å². The van der Waals surface area contributed by atoms with Crippen LogP contribution in [0.3, 0.4) is 0 Å². The third kappa shape index (κ3) is 3.34. The summed E-state index contributed by atoms with van der Waals surface area (Å²) in [4.78, 5) is 1.91. The molecule has 1 aromatic rings. The second-order valence-corrected chi connectivity index (χ2v) is 3.63. The molecule has 0 radical (unpaired) electrons. The molecule has 3 heteroatoms. The summed E-state index contributed by atoms with van der Waals surface area (Å²) in [5.74, 6) is -0.171. The Morgan fingerprint density at radius 3 is 2.73 bits per heavy atom. The molecule has 0 heterocycles. The van der Waals surface area contributed by atoms with E-state index in [-0.39, 0.29) is 11.9 Å². The van der Waals surface area contributed by atoms with E-state index in [4.69, 9.17) is 5.26 Å². The number of likely N-dealkylation sites (N-methyl/N-ethyl adjacent to an activating group) is 1. The lowest BCUT2D eigenvalue weighted by Crippen LogP contribution is -2.29. The molecule has 1 unspecified atom stereocenters. The molecule has 1 atom stereocenters. The lowest BCUT2D eigenvalue weighted by Gasteiger charge is -2.18. The standard InChI is InChI=1S/C12H15FN2/c1-10(9-14)15(2)8-7-11-5-3-4-6-12(11)13/h3-6,10H,7-8H2,1-2H3. The van der Waals surface area contributed by atoms with Crippen molar-refractivity contribution in [1.29, 1.82) is 5.26 Å². The van der Waals surface area contributed by atoms with Crippen LogP contribution in [0.1, 0.15) is 12.5 Å². The van der Waals surface area contributed by atoms with Crippen LogP contribution in [0.5, 0.6) is 0 Å². The van der Waals surface area contributed by atoms with Gasteiger partial charge in [-0.2, -0.15) is 5.26 Å². The Labute approximate surface area is 89.9 Å². The van der Waals surface area contributed by atoms with Crippen LogP contribution < -0.4 is 0 Å². The summed E-state index contributed by atoms with van der Waals surface area (Å²) in [7, 11) is 1.87. The second-order valence-electron chi connectivity index (χ2n) is 3.63. The quantitative estimate of drug-likeness (QED) is 0.755. The van der Waals surface area contributed by atoms with Gasteiger partial charge in [0.2, 0.25) is 0 Å². The van der Waals surface area contributed by atoms with E-state index in [9.17, 15) is 4.39 Å². The van der Waals surface area contributed by atoms with Crippen molar-refractivity contribution in [1.82, 2.24) is 4.90 Å². The first-order chi connectivity index (χ1) is 7.15. The average Bonchev–Trinajstić information content (AvgIpc) is 2.26. The molecule has 0 aromatic heterocycles. The molecule has 0 fully saturated rings. The third-order valence-corrected chi connectivity index (χ3v) is 2.54. The molecule has 0 aliphatic carbocycles. The van der Waals surface area contributed by atoms with Gasteiger partial charge in [-0.3, -0.25) is 4.90 Å². The maximum atomic E-state index is 13.2. The number of rotatable bonds is 4. The van der Waals surface area contributed by atoms with Crippen LogP contribution in [0.2, 0.25) is 0 Å². The summed E-state index contributed by atoms with van der Waals surface area (Å²) in [5.41, 5.74) is 0.703. The summed E-state index contributed by atoms with van der Waals surface area (Å²) >= 11 is 0. The van der Waals surface area contributed by atoms with Gasteiger partial charge in [-0.05, 0) is 32.0 Å². The first-order valence-corrected chi connectivity index (χ1v) is 4.98. The molecular weight excluding hydrogens is 191 g/mol. The van der Waals surface area contributed by atoms with Crippen LogP contribution >= 0.6 is 0 Å². The zero-order valence-corrected chi connectivity index (χ0v) is 9.07. The Balaban J connectivity index is 2.51. The second kappa shape index (κ2) is 5.47. The van der Waals surface area contributed by atoms with E-state index in [0.29, 0.717) is 18.5 Å². The summed E-state index contributed by atoms with van der Waals surface area (Å²) in [6.45, 7) is 2.52. The van der Waals surface area contributed by atoms with Crippen molar-refractivity contribution in [3.8, 4) is 6.07 Å². The predicted molar refractivity (Wildman–Crippen MR) is 57.8 cm³/mol. The molecular formula is C12H15FN2. The lowest BCUT2D eigenvalue weighted by atomic mass is 10.1. The van der Waals surface area contributed by atoms with Crippen molar-refractivity contribution >= 4 is 0 Å². The van der Waals surface area contributed by atoms with Gasteiger partial charge in [0.1, 0.15) is 5.82 Å². The molecule has 0 amide bonds. The minimum Gasteiger partial charge on any atom is -0.291 e. The molecule has 15 heavy (non-hydrogen) atoms. The smallest absolute Gasteiger partial charge is 0.126 e. The van der Waals surface area contributed by atoms with E-state index in [0.717, 1.165) is 0 Å². The van der Waals surface area contributed by atoms with Gasteiger partial charge in [-0.1, -0.05) is 18.2 Å². The lowest BCUT2D eigenvalue weighted by molar-refractivity contribution is 0.305. The fourth-order valence-electron chi connectivity index (χ4n) is 1.29. The van der Waals surface area contributed by atoms with Crippen molar-refractivity contribution in [3.63, 3.8) is 0 Å². The monoisotopic (exact) mass is 206 g/mol. The average molecular weight is 206 g/mol. The van der Waals surface area contributed by atoms with Crippen LogP contribution in [-0.2, 0) is 6.42 Å². The van der Waals surface area contributed by atoms with E-state index < -0.39 is 0 Å². The highest BCUT2D eigenvalue weighted by molar-refractivity contribution is 5.17. The fourth-order valence-corrected chi connectivity index (χ4v) is 1.29. The van der Waals surface area contributed by atoms with Crippen LogP contribution in [0.25, 0.3) is 0 Å². The number of nitriles is 1. The van der Waals surface area contributed by atoms with Gasteiger partial charge in [0.15, 0.2) is 0 Å². The van der Waals surface area contributed by atoms with Crippen molar-refractivity contribution < 1.29 is 4.39 Å². The summed E-state index contributed by atoms with van der Waals surface area (Å²) in [6.07, 6.45) is 0.634. The minimum atomic E-state index is -0.171. The van der Waals surface area contributed by atoms with E-state index in [1.165, 1.54) is 6.07 Å². The third-order valence-electron chi connectivity index (χ3n) is 2.54. The Kier molecular flexibility index (Phi) is 4.26. The Morgan fingerprint density at radius 2 is 2.13 bits per heavy atom. The molecule has 1 aromatic carbocycles. The highest BCUT2D eigenvalue weighted by Crippen LogP contribution is 2.08. The number of halogens is 1. The van der Waals surface area contributed by atoms with Crippen molar-refractivity contribution in [3.05, 3.63) is 35.6 Å². The number of hydrogen-bond acceptors (Lipinski definition) is 2. The predicted octanol–water partition coefficient (Wildman–Crippen LogP) is 2.21. The Bertz CT molecular complexity index is 357. The maximum Gasteiger partial charge on any atom is 0.126 e. The van der Waals surface area contributed by atoms with Crippen molar-refractivity contribution in [2.75, 3.05) is 13.6 Å². The van der Waals surface area contributed by atoms with Gasteiger partial charge in [0, 0.05) is 6.54 Å². The van der Waals surface area contributed by atoms with Gasteiger partial charge >= 0.3 is 0 Å². The molecule has 2 nitrogen and oxygen atoms in total. The molecule has 0 saturated heterocycles. The van der Waals surface area contributed by atoms with Crippen LogP contribution in [0.15, 0.2) is 24.3 Å². The largest absolute Gasteiger partial charge is 0.291 e. The number of nitrogens with zero attached hydrogens (tertiary/aromatic N) is 2. The zero-order valence-electron chi connectivity index (χ0n) is 9.07. The molecule has 80 valence electrons. The van der Waals surface area contributed by atoms with Gasteiger partial charge in [-0.25, -0.2) is 4.39 Å². The highest BCUT2D eigenvalue weighted by Gasteiger charge is 2.08. The number of hydrogen-bond donors (Lipinski definition) is 0. The van der Waals surface area contributed by atoms with Gasteiger partial charge in [-0.15, -0.1) is 0 Å².